The van der Waals surface area contributed by atoms with E-state index in [9.17, 15) is 14.8 Å². The van der Waals surface area contributed by atoms with Gasteiger partial charge in [-0.15, -0.1) is 0 Å². The molecule has 0 aromatic carbocycles. The fourth-order valence-corrected chi connectivity index (χ4v) is 4.37. The smallest absolute Gasteiger partial charge is 0.329 e. The molecule has 2 aliphatic heterocycles. The number of esters is 1. The van der Waals surface area contributed by atoms with Crippen LogP contribution in [0, 0.1) is 5.92 Å². The molecule has 1 aromatic rings. The number of imidazole rings is 1. The van der Waals surface area contributed by atoms with Gasteiger partial charge >= 0.3 is 14.6 Å². The number of hydrogen-bond donors (Lipinski definition) is 5. The Balaban J connectivity index is 1.47. The molecule has 1 aromatic heterocycles. The van der Waals surface area contributed by atoms with Crippen molar-refractivity contribution in [3.63, 3.8) is 0 Å². The van der Waals surface area contributed by atoms with Crippen molar-refractivity contribution in [2.24, 2.45) is 11.7 Å². The highest BCUT2D eigenvalue weighted by Gasteiger charge is 2.39. The number of ether oxygens (including phenoxy) is 2. The zero-order chi connectivity index (χ0) is 22.4. The summed E-state index contributed by atoms with van der Waals surface area (Å²) in [6.45, 7) is 4.56. The summed E-state index contributed by atoms with van der Waals surface area (Å²) >= 11 is 0. The number of fused-ring (bicyclic) bond motifs is 1. The molecule has 3 heterocycles. The molecule has 0 radical (unpaired) electrons. The van der Waals surface area contributed by atoms with Gasteiger partial charge in [-0.25, -0.2) is 4.98 Å². The minimum Gasteiger partial charge on any atom is -0.466 e. The normalized spacial score (nSPS) is 28.7. The van der Waals surface area contributed by atoms with Crippen molar-refractivity contribution >= 4 is 20.4 Å². The lowest BCUT2D eigenvalue weighted by Gasteiger charge is -2.29. The first-order valence-corrected chi connectivity index (χ1v) is 11.6. The van der Waals surface area contributed by atoms with E-state index in [-0.39, 0.29) is 43.9 Å². The van der Waals surface area contributed by atoms with Crippen molar-refractivity contribution in [1.29, 1.82) is 0 Å². The lowest BCUT2D eigenvalue weighted by atomic mass is 10.0. The third kappa shape index (κ3) is 6.33. The molecule has 13 heteroatoms. The molecule has 0 bridgehead atoms. The molecule has 6 unspecified atom stereocenters. The molecule has 1 fully saturated rings. The van der Waals surface area contributed by atoms with Crippen molar-refractivity contribution in [2.45, 2.75) is 64.4 Å². The van der Waals surface area contributed by atoms with E-state index in [2.05, 4.69) is 22.5 Å². The average Bonchev–Trinajstić information content (AvgIpc) is 3.33. The van der Waals surface area contributed by atoms with Gasteiger partial charge in [-0.3, -0.25) is 20.4 Å². The largest absolute Gasteiger partial charge is 0.466 e. The van der Waals surface area contributed by atoms with E-state index < -0.39 is 21.1 Å². The number of aromatic nitrogens is 2. The summed E-state index contributed by atoms with van der Waals surface area (Å²) in [4.78, 5) is 25.5. The van der Waals surface area contributed by atoms with Gasteiger partial charge in [-0.05, 0) is 26.2 Å². The van der Waals surface area contributed by atoms with Crippen molar-refractivity contribution in [3.8, 4) is 0 Å². The molecular formula is C18H32N5O7P. The molecule has 0 amide bonds. The van der Waals surface area contributed by atoms with Gasteiger partial charge < -0.3 is 33.8 Å². The Morgan fingerprint density at radius 3 is 3.00 bits per heavy atom. The van der Waals surface area contributed by atoms with Gasteiger partial charge in [0, 0.05) is 12.3 Å². The summed E-state index contributed by atoms with van der Waals surface area (Å²) in [7, 11) is -2.05. The number of nitrogens with two attached hydrogens (primary N) is 1. The number of anilines is 1. The Morgan fingerprint density at radius 2 is 2.26 bits per heavy atom. The molecule has 0 spiro atoms. The quantitative estimate of drug-likeness (QED) is 0.182. The summed E-state index contributed by atoms with van der Waals surface area (Å²) in [6.07, 6.45) is 1.85. The number of rotatable bonds is 11. The van der Waals surface area contributed by atoms with E-state index in [0.29, 0.717) is 24.5 Å². The van der Waals surface area contributed by atoms with Crippen LogP contribution in [0.15, 0.2) is 6.33 Å². The Bertz CT molecular complexity index is 723. The monoisotopic (exact) mass is 461 g/mol. The third-order valence-corrected chi connectivity index (χ3v) is 5.99. The molecule has 31 heavy (non-hydrogen) atoms. The molecule has 2 aliphatic rings. The van der Waals surface area contributed by atoms with E-state index in [0.717, 1.165) is 12.8 Å². The molecule has 12 nitrogen and oxygen atoms in total. The first-order chi connectivity index (χ1) is 14.9. The van der Waals surface area contributed by atoms with E-state index in [1.165, 1.54) is 0 Å². The minimum atomic E-state index is -2.05. The van der Waals surface area contributed by atoms with Crippen LogP contribution in [-0.2, 0) is 23.3 Å². The SMILES string of the molecule is CCOC(=O)CCCOP(O)OCC1CC(CC)C(n2cnc3c2NC(N)NC3O)O1. The van der Waals surface area contributed by atoms with Gasteiger partial charge in [0.1, 0.15) is 24.0 Å². The van der Waals surface area contributed by atoms with E-state index in [1.54, 1.807) is 13.3 Å². The van der Waals surface area contributed by atoms with Gasteiger partial charge in [0.25, 0.3) is 0 Å². The van der Waals surface area contributed by atoms with Crippen LogP contribution in [0.1, 0.15) is 57.7 Å². The van der Waals surface area contributed by atoms with Crippen molar-refractivity contribution in [3.05, 3.63) is 12.0 Å². The van der Waals surface area contributed by atoms with E-state index in [1.807, 2.05) is 4.57 Å². The summed E-state index contributed by atoms with van der Waals surface area (Å²) in [5.41, 5.74) is 6.34. The third-order valence-electron chi connectivity index (χ3n) is 5.21. The molecule has 6 atom stereocenters. The van der Waals surface area contributed by atoms with Crippen LogP contribution in [0.2, 0.25) is 0 Å². The number of nitrogens with one attached hydrogen (secondary N) is 2. The maximum Gasteiger partial charge on any atom is 0.329 e. The van der Waals surface area contributed by atoms with Crippen LogP contribution in [0.3, 0.4) is 0 Å². The Hall–Kier alpha value is -1.37. The number of carbonyl (C=O) groups is 1. The molecule has 176 valence electrons. The number of hydrogen-bond acceptors (Lipinski definition) is 11. The van der Waals surface area contributed by atoms with Crippen molar-refractivity contribution in [2.75, 3.05) is 25.1 Å². The molecular weight excluding hydrogens is 429 g/mol. The summed E-state index contributed by atoms with van der Waals surface area (Å²) in [5.74, 6) is 0.538. The highest BCUT2D eigenvalue weighted by atomic mass is 31.2. The molecule has 0 saturated carbocycles. The van der Waals surface area contributed by atoms with Gasteiger partial charge in [-0.1, -0.05) is 6.92 Å². The van der Waals surface area contributed by atoms with E-state index >= 15 is 0 Å². The lowest BCUT2D eigenvalue weighted by molar-refractivity contribution is -0.143. The highest BCUT2D eigenvalue weighted by molar-refractivity contribution is 7.40. The molecule has 1 saturated heterocycles. The van der Waals surface area contributed by atoms with Crippen LogP contribution in [0.5, 0.6) is 0 Å². The predicted molar refractivity (Wildman–Crippen MR) is 111 cm³/mol. The number of aliphatic hydroxyl groups is 1. The number of nitrogens with zero attached hydrogens (tertiary/aromatic N) is 2. The Morgan fingerprint density at radius 1 is 1.45 bits per heavy atom. The van der Waals surface area contributed by atoms with E-state index in [4.69, 9.17) is 24.3 Å². The second kappa shape index (κ2) is 11.5. The minimum absolute atomic E-state index is 0.182. The molecule has 0 aliphatic carbocycles. The topological polar surface area (TPSA) is 162 Å². The summed E-state index contributed by atoms with van der Waals surface area (Å²) < 4.78 is 23.5. The van der Waals surface area contributed by atoms with Crippen LogP contribution in [0.4, 0.5) is 5.82 Å². The number of carbonyl (C=O) groups excluding carboxylic acids is 1. The standard InChI is InChI=1S/C18H32N5O7P/c1-3-11-8-12(9-29-31(26)28-7-5-6-13(24)27-4-2)30-17(11)23-10-20-14-15(23)21-18(19)22-16(14)25/h10-12,16-18,21-22,25-26H,3-9,19H2,1-2H3. The maximum absolute atomic E-state index is 11.3. The fourth-order valence-electron chi connectivity index (χ4n) is 3.72. The average molecular weight is 461 g/mol. The summed E-state index contributed by atoms with van der Waals surface area (Å²) in [5, 5.41) is 16.0. The first kappa shape index (κ1) is 24.3. The predicted octanol–water partition coefficient (Wildman–Crippen LogP) is 1.04. The van der Waals surface area contributed by atoms with Gasteiger partial charge in [0.2, 0.25) is 0 Å². The Labute approximate surface area is 182 Å². The second-order valence-corrected chi connectivity index (χ2v) is 8.40. The fraction of sp³-hybridized carbons (Fsp3) is 0.778. The van der Waals surface area contributed by atoms with Crippen LogP contribution >= 0.6 is 8.60 Å². The first-order valence-electron chi connectivity index (χ1n) is 10.5. The van der Waals surface area contributed by atoms with Gasteiger partial charge in [0.05, 0.1) is 32.3 Å². The molecule has 6 N–H and O–H groups in total. The van der Waals surface area contributed by atoms with Crippen LogP contribution in [-0.4, -0.2) is 57.7 Å². The van der Waals surface area contributed by atoms with Crippen LogP contribution in [0.25, 0.3) is 0 Å². The lowest BCUT2D eigenvalue weighted by Crippen LogP contribution is -2.49. The molecule has 3 rings (SSSR count). The van der Waals surface area contributed by atoms with Crippen LogP contribution < -0.4 is 16.4 Å². The van der Waals surface area contributed by atoms with Crippen molar-refractivity contribution < 1.29 is 33.3 Å². The summed E-state index contributed by atoms with van der Waals surface area (Å²) in [6, 6.07) is 0. The van der Waals surface area contributed by atoms with Gasteiger partial charge in [0.15, 0.2) is 6.23 Å². The second-order valence-electron chi connectivity index (χ2n) is 7.40. The Kier molecular flexibility index (Phi) is 8.99. The number of aliphatic hydroxyl groups excluding tert-OH is 1. The highest BCUT2D eigenvalue weighted by Crippen LogP contribution is 2.42. The zero-order valence-electron chi connectivity index (χ0n) is 17.8. The maximum atomic E-state index is 11.3. The van der Waals surface area contributed by atoms with Gasteiger partial charge in [-0.2, -0.15) is 0 Å². The zero-order valence-corrected chi connectivity index (χ0v) is 18.7. The van der Waals surface area contributed by atoms with Crippen molar-refractivity contribution in [1.82, 2.24) is 14.9 Å².